The lowest BCUT2D eigenvalue weighted by atomic mass is 9.49. The number of carbonyl (C=O) groups is 2. The maximum atomic E-state index is 12.1. The van der Waals surface area contributed by atoms with Crippen molar-refractivity contribution in [3.63, 3.8) is 0 Å². The minimum absolute atomic E-state index is 0.189. The second kappa shape index (κ2) is 7.53. The SMILES string of the molecule is Cc1cccc(OCC(=O)OCC(=O)NCC23CC4CC(CC(C4)C2)C3)c1. The summed E-state index contributed by atoms with van der Waals surface area (Å²) in [6, 6.07) is 7.47. The van der Waals surface area contributed by atoms with Gasteiger partial charge >= 0.3 is 5.97 Å². The highest BCUT2D eigenvalue weighted by atomic mass is 16.6. The van der Waals surface area contributed by atoms with Crippen molar-refractivity contribution in [3.8, 4) is 5.75 Å². The van der Waals surface area contributed by atoms with Gasteiger partial charge in [0, 0.05) is 6.54 Å². The van der Waals surface area contributed by atoms with Gasteiger partial charge in [-0.15, -0.1) is 0 Å². The Hall–Kier alpha value is -2.04. The van der Waals surface area contributed by atoms with Crippen LogP contribution >= 0.6 is 0 Å². The quantitative estimate of drug-likeness (QED) is 0.747. The summed E-state index contributed by atoms with van der Waals surface area (Å²) in [5.74, 6) is 2.48. The predicted octanol–water partition coefficient (Wildman–Crippen LogP) is 3.25. The molecule has 4 aliphatic rings. The number of hydrogen-bond donors (Lipinski definition) is 1. The van der Waals surface area contributed by atoms with Crippen LogP contribution in [0.25, 0.3) is 0 Å². The number of carbonyl (C=O) groups excluding carboxylic acids is 2. The monoisotopic (exact) mass is 371 g/mol. The number of benzene rings is 1. The maximum absolute atomic E-state index is 12.1. The molecular weight excluding hydrogens is 342 g/mol. The fourth-order valence-corrected chi connectivity index (χ4v) is 5.88. The molecule has 5 heteroatoms. The van der Waals surface area contributed by atoms with E-state index in [1.165, 1.54) is 38.5 Å². The van der Waals surface area contributed by atoms with Crippen molar-refractivity contribution in [2.24, 2.45) is 23.2 Å². The summed E-state index contributed by atoms with van der Waals surface area (Å²) in [5.41, 5.74) is 1.35. The molecule has 0 unspecified atom stereocenters. The normalized spacial score (nSPS) is 30.8. The van der Waals surface area contributed by atoms with Crippen LogP contribution in [0.5, 0.6) is 5.75 Å². The molecule has 27 heavy (non-hydrogen) atoms. The Labute approximate surface area is 160 Å². The molecule has 4 saturated carbocycles. The molecule has 0 saturated heterocycles. The third kappa shape index (κ3) is 4.45. The first-order chi connectivity index (χ1) is 13.0. The molecule has 5 nitrogen and oxygen atoms in total. The summed E-state index contributed by atoms with van der Waals surface area (Å²) in [4.78, 5) is 23.9. The smallest absolute Gasteiger partial charge is 0.344 e. The first kappa shape index (κ1) is 18.3. The van der Waals surface area contributed by atoms with Crippen LogP contribution in [0.2, 0.25) is 0 Å². The lowest BCUT2D eigenvalue weighted by Crippen LogP contribution is -2.51. The molecule has 4 fully saturated rings. The summed E-state index contributed by atoms with van der Waals surface area (Å²) in [6.07, 6.45) is 7.94. The third-order valence-electron chi connectivity index (χ3n) is 6.54. The number of rotatable bonds is 7. The third-order valence-corrected chi connectivity index (χ3v) is 6.54. The number of nitrogens with one attached hydrogen (secondary N) is 1. The highest BCUT2D eigenvalue weighted by Gasteiger charge is 2.50. The van der Waals surface area contributed by atoms with E-state index in [0.717, 1.165) is 29.9 Å². The molecule has 1 aromatic carbocycles. The molecule has 0 aromatic heterocycles. The fourth-order valence-electron chi connectivity index (χ4n) is 5.88. The average molecular weight is 371 g/mol. The zero-order valence-corrected chi connectivity index (χ0v) is 16.0. The minimum Gasteiger partial charge on any atom is -0.482 e. The van der Waals surface area contributed by atoms with Crippen molar-refractivity contribution < 1.29 is 19.1 Å². The van der Waals surface area contributed by atoms with E-state index in [-0.39, 0.29) is 19.1 Å². The zero-order chi connectivity index (χ0) is 18.9. The van der Waals surface area contributed by atoms with Crippen LogP contribution < -0.4 is 10.1 Å². The highest BCUT2D eigenvalue weighted by molar-refractivity contribution is 5.80. The van der Waals surface area contributed by atoms with Crippen molar-refractivity contribution in [3.05, 3.63) is 29.8 Å². The van der Waals surface area contributed by atoms with Crippen LogP contribution in [0.1, 0.15) is 44.1 Å². The molecule has 0 atom stereocenters. The second-order valence-corrected chi connectivity index (χ2v) is 8.96. The summed E-state index contributed by atoms with van der Waals surface area (Å²) in [7, 11) is 0. The van der Waals surface area contributed by atoms with Crippen LogP contribution in [-0.2, 0) is 14.3 Å². The van der Waals surface area contributed by atoms with Crippen molar-refractivity contribution in [1.29, 1.82) is 0 Å². The summed E-state index contributed by atoms with van der Waals surface area (Å²) >= 11 is 0. The van der Waals surface area contributed by atoms with Crippen LogP contribution in [0.15, 0.2) is 24.3 Å². The summed E-state index contributed by atoms with van der Waals surface area (Å²) in [5, 5.41) is 3.02. The zero-order valence-electron chi connectivity index (χ0n) is 16.0. The van der Waals surface area contributed by atoms with Crippen molar-refractivity contribution in [1.82, 2.24) is 5.32 Å². The molecule has 0 aliphatic heterocycles. The Bertz CT molecular complexity index is 679. The van der Waals surface area contributed by atoms with E-state index in [1.54, 1.807) is 6.07 Å². The Kier molecular flexibility index (Phi) is 5.11. The molecular formula is C22H29NO4. The number of ether oxygens (including phenoxy) is 2. The van der Waals surface area contributed by atoms with E-state index in [0.29, 0.717) is 11.2 Å². The van der Waals surface area contributed by atoms with Gasteiger partial charge in [-0.25, -0.2) is 4.79 Å². The van der Waals surface area contributed by atoms with Crippen LogP contribution in [0.3, 0.4) is 0 Å². The molecule has 0 heterocycles. The first-order valence-electron chi connectivity index (χ1n) is 10.1. The molecule has 1 amide bonds. The molecule has 146 valence electrons. The number of esters is 1. The van der Waals surface area contributed by atoms with E-state index in [2.05, 4.69) is 5.32 Å². The predicted molar refractivity (Wildman–Crippen MR) is 101 cm³/mol. The molecule has 4 bridgehead atoms. The van der Waals surface area contributed by atoms with Gasteiger partial charge in [-0.2, -0.15) is 0 Å². The maximum Gasteiger partial charge on any atom is 0.344 e. The minimum atomic E-state index is -0.526. The van der Waals surface area contributed by atoms with Gasteiger partial charge in [-0.3, -0.25) is 4.79 Å². The second-order valence-electron chi connectivity index (χ2n) is 8.96. The lowest BCUT2D eigenvalue weighted by molar-refractivity contribution is -0.150. The van der Waals surface area contributed by atoms with Gasteiger partial charge in [0.15, 0.2) is 13.2 Å². The van der Waals surface area contributed by atoms with E-state index in [9.17, 15) is 9.59 Å². The molecule has 0 radical (unpaired) electrons. The Morgan fingerprint density at radius 1 is 1.07 bits per heavy atom. The summed E-state index contributed by atoms with van der Waals surface area (Å²) in [6.45, 7) is 2.26. The van der Waals surface area contributed by atoms with E-state index < -0.39 is 5.97 Å². The Morgan fingerprint density at radius 2 is 1.74 bits per heavy atom. The lowest BCUT2D eigenvalue weighted by Gasteiger charge is -2.56. The van der Waals surface area contributed by atoms with Crippen molar-refractivity contribution in [2.45, 2.75) is 45.4 Å². The van der Waals surface area contributed by atoms with Gasteiger partial charge in [-0.05, 0) is 86.3 Å². The van der Waals surface area contributed by atoms with E-state index in [1.807, 2.05) is 25.1 Å². The van der Waals surface area contributed by atoms with E-state index >= 15 is 0 Å². The van der Waals surface area contributed by atoms with Gasteiger partial charge in [-0.1, -0.05) is 12.1 Å². The Morgan fingerprint density at radius 3 is 2.37 bits per heavy atom. The molecule has 1 N–H and O–H groups in total. The topological polar surface area (TPSA) is 64.6 Å². The van der Waals surface area contributed by atoms with Gasteiger partial charge in [0.2, 0.25) is 0 Å². The van der Waals surface area contributed by atoms with E-state index in [4.69, 9.17) is 9.47 Å². The standard InChI is InChI=1S/C22H29NO4/c1-15-3-2-4-19(5-15)26-13-21(25)27-12-20(24)23-14-22-9-16-6-17(10-22)8-18(7-16)11-22/h2-5,16-18H,6-14H2,1H3,(H,23,24). The first-order valence-corrected chi connectivity index (χ1v) is 10.1. The van der Waals surface area contributed by atoms with Crippen LogP contribution in [0, 0.1) is 30.1 Å². The molecule has 4 aliphatic carbocycles. The van der Waals surface area contributed by atoms with Gasteiger partial charge in [0.1, 0.15) is 5.75 Å². The molecule has 0 spiro atoms. The van der Waals surface area contributed by atoms with Crippen LogP contribution in [-0.4, -0.2) is 31.6 Å². The fraction of sp³-hybridized carbons (Fsp3) is 0.636. The Balaban J connectivity index is 1.17. The summed E-state index contributed by atoms with van der Waals surface area (Å²) < 4.78 is 10.5. The van der Waals surface area contributed by atoms with Gasteiger partial charge < -0.3 is 14.8 Å². The molecule has 5 rings (SSSR count). The van der Waals surface area contributed by atoms with Crippen molar-refractivity contribution >= 4 is 11.9 Å². The highest BCUT2D eigenvalue weighted by Crippen LogP contribution is 2.59. The largest absolute Gasteiger partial charge is 0.482 e. The van der Waals surface area contributed by atoms with Crippen LogP contribution in [0.4, 0.5) is 0 Å². The van der Waals surface area contributed by atoms with Gasteiger partial charge in [0.05, 0.1) is 0 Å². The molecule has 1 aromatic rings. The number of amides is 1. The number of aryl methyl sites for hydroxylation is 1. The van der Waals surface area contributed by atoms with Gasteiger partial charge in [0.25, 0.3) is 5.91 Å². The average Bonchev–Trinajstić information content (AvgIpc) is 2.62. The van der Waals surface area contributed by atoms with Crippen molar-refractivity contribution in [2.75, 3.05) is 19.8 Å². The number of hydrogen-bond acceptors (Lipinski definition) is 4.